The molecule has 6 N–H and O–H groups in total. The number of aliphatic hydroxyl groups is 4. The molecule has 238 valence electrons. The fourth-order valence-corrected chi connectivity index (χ4v) is 6.12. The molecule has 0 bridgehead atoms. The highest BCUT2D eigenvalue weighted by Crippen LogP contribution is 2.39. The molecule has 0 amide bonds. The van der Waals surface area contributed by atoms with Crippen LogP contribution >= 0.6 is 35.7 Å². The van der Waals surface area contributed by atoms with Crippen molar-refractivity contribution >= 4 is 63.1 Å². The van der Waals surface area contributed by atoms with Gasteiger partial charge in [0.05, 0.1) is 29.7 Å². The second kappa shape index (κ2) is 18.6. The molecule has 0 saturated carbocycles. The van der Waals surface area contributed by atoms with Gasteiger partial charge in [0.1, 0.15) is 41.2 Å². The lowest BCUT2D eigenvalue weighted by atomic mass is 9.71. The first kappa shape index (κ1) is 38.0. The Bertz CT molecular complexity index is 993. The van der Waals surface area contributed by atoms with Gasteiger partial charge in [-0.2, -0.15) is 5.26 Å². The average molecular weight is 656 g/mol. The molecule has 0 aromatic carbocycles. The van der Waals surface area contributed by atoms with Crippen LogP contribution in [0, 0.1) is 28.6 Å². The summed E-state index contributed by atoms with van der Waals surface area (Å²) >= 11 is 7.84. The van der Waals surface area contributed by atoms with Gasteiger partial charge in [-0.05, 0) is 31.9 Å². The lowest BCUT2D eigenvalue weighted by Gasteiger charge is -2.38. The maximum absolute atomic E-state index is 13.4. The quantitative estimate of drug-likeness (QED) is 0.0924. The first-order valence-corrected chi connectivity index (χ1v) is 15.4. The number of aliphatic hydroxyl groups excluding tert-OH is 4. The van der Waals surface area contributed by atoms with Crippen LogP contribution in [-0.4, -0.2) is 113 Å². The van der Waals surface area contributed by atoms with E-state index in [-0.39, 0.29) is 18.6 Å². The Morgan fingerprint density at radius 1 is 1.00 bits per heavy atom. The van der Waals surface area contributed by atoms with Crippen LogP contribution in [-0.2, 0) is 33.4 Å². The van der Waals surface area contributed by atoms with Crippen molar-refractivity contribution < 1.29 is 64.0 Å². The summed E-state index contributed by atoms with van der Waals surface area (Å²) in [6, 6.07) is 1.95. The van der Waals surface area contributed by atoms with Gasteiger partial charge in [0.2, 0.25) is 0 Å². The summed E-state index contributed by atoms with van der Waals surface area (Å²) in [6.45, 7) is 2.12. The maximum atomic E-state index is 13.4. The third kappa shape index (κ3) is 12.3. The molecule has 1 aliphatic heterocycles. The Kier molecular flexibility index (Phi) is 16.8. The second-order valence-corrected chi connectivity index (χ2v) is 13.1. The summed E-state index contributed by atoms with van der Waals surface area (Å²) in [7, 11) is 0. The standard InChI is InChI=1S/C25H37NO13S3/c1-3-8-41-24(40)42-11-13(21(34)37-7-5-17(29)30)9-14(25(2,12-26)6-4-16(27)28)22(35)38-10-15-18(31)19(32)20(33)23(36)39-15/h13-15,18-20,23,31-33,36H,3-11H2,1-2H3,(H,27,28)(H,29,30)/t13?,14?,15?,18-,19+,20?,23+,25?/m1/s1. The molecule has 0 aromatic rings. The zero-order chi connectivity index (χ0) is 32.0. The molecule has 0 aliphatic carbocycles. The molecule has 0 spiro atoms. The van der Waals surface area contributed by atoms with E-state index in [9.17, 15) is 50.0 Å². The van der Waals surface area contributed by atoms with Crippen molar-refractivity contribution in [1.29, 1.82) is 5.26 Å². The zero-order valence-corrected chi connectivity index (χ0v) is 25.6. The van der Waals surface area contributed by atoms with Gasteiger partial charge in [0, 0.05) is 12.2 Å². The summed E-state index contributed by atoms with van der Waals surface area (Å²) in [5.41, 5.74) is -1.67. The van der Waals surface area contributed by atoms with Gasteiger partial charge in [0.15, 0.2) is 6.29 Å². The smallest absolute Gasteiger partial charge is 0.310 e. The number of rotatable bonds is 17. The number of aliphatic carboxylic acids is 2. The van der Waals surface area contributed by atoms with Crippen LogP contribution in [0.5, 0.6) is 0 Å². The lowest BCUT2D eigenvalue weighted by Crippen LogP contribution is -2.58. The minimum atomic E-state index is -1.89. The van der Waals surface area contributed by atoms with Crippen LogP contribution in [0.2, 0.25) is 0 Å². The average Bonchev–Trinajstić information content (AvgIpc) is 2.94. The molecule has 1 heterocycles. The van der Waals surface area contributed by atoms with Crippen molar-refractivity contribution in [2.24, 2.45) is 17.3 Å². The largest absolute Gasteiger partial charge is 0.481 e. The first-order valence-electron chi connectivity index (χ1n) is 13.0. The Labute approximate surface area is 256 Å². The first-order chi connectivity index (χ1) is 19.7. The lowest BCUT2D eigenvalue weighted by molar-refractivity contribution is -0.287. The highest BCUT2D eigenvalue weighted by molar-refractivity contribution is 8.47. The Balaban J connectivity index is 3.25. The summed E-state index contributed by atoms with van der Waals surface area (Å²) < 4.78 is 15.9. The van der Waals surface area contributed by atoms with Gasteiger partial charge in [0.25, 0.3) is 0 Å². The number of carboxylic acid groups (broad SMARTS) is 2. The number of nitriles is 1. The van der Waals surface area contributed by atoms with Crippen molar-refractivity contribution in [2.75, 3.05) is 24.7 Å². The van der Waals surface area contributed by atoms with Gasteiger partial charge >= 0.3 is 23.9 Å². The number of carbonyl (C=O) groups excluding carboxylic acids is 2. The van der Waals surface area contributed by atoms with Crippen LogP contribution < -0.4 is 0 Å². The predicted molar refractivity (Wildman–Crippen MR) is 153 cm³/mol. The summed E-state index contributed by atoms with van der Waals surface area (Å²) in [4.78, 5) is 48.6. The molecule has 0 aromatic heterocycles. The molecular weight excluding hydrogens is 618 g/mol. The number of carboxylic acids is 2. The maximum Gasteiger partial charge on any atom is 0.310 e. The van der Waals surface area contributed by atoms with Gasteiger partial charge < -0.3 is 44.8 Å². The molecule has 17 heteroatoms. The second-order valence-electron chi connectivity index (χ2n) is 9.80. The third-order valence-electron chi connectivity index (χ3n) is 6.48. The topological polar surface area (TPSA) is 241 Å². The fraction of sp³-hybridized carbons (Fsp3) is 0.760. The predicted octanol–water partition coefficient (Wildman–Crippen LogP) is 0.526. The monoisotopic (exact) mass is 655 g/mol. The highest BCUT2D eigenvalue weighted by Gasteiger charge is 2.46. The number of hydrogen-bond donors (Lipinski definition) is 6. The summed E-state index contributed by atoms with van der Waals surface area (Å²) in [6.07, 6.45) is -9.51. The van der Waals surface area contributed by atoms with Gasteiger partial charge in [-0.25, -0.2) is 0 Å². The molecule has 5 unspecified atom stereocenters. The minimum absolute atomic E-state index is 0.00634. The van der Waals surface area contributed by atoms with Crippen molar-refractivity contribution in [3.8, 4) is 6.07 Å². The van der Waals surface area contributed by atoms with Gasteiger partial charge in [-0.3, -0.25) is 19.2 Å². The number of thioether (sulfide) groups is 2. The SMILES string of the molecule is CCCSC(=S)SCC(CC(C(=O)OCC1O[C@H](O)C(O)[C@@H](O)[C@@H]1O)C(C)(C#N)CCC(=O)O)C(=O)OCCC(=O)O. The molecular formula is C25H37NO13S3. The van der Waals surface area contributed by atoms with Crippen LogP contribution in [0.4, 0.5) is 0 Å². The fourth-order valence-electron chi connectivity index (χ4n) is 3.89. The van der Waals surface area contributed by atoms with Crippen molar-refractivity contribution in [3.63, 3.8) is 0 Å². The number of nitrogens with zero attached hydrogens (tertiary/aromatic N) is 1. The van der Waals surface area contributed by atoms with Crippen LogP contribution in [0.1, 0.15) is 46.0 Å². The number of hydrogen-bond acceptors (Lipinski definition) is 15. The molecule has 0 radical (unpaired) electrons. The molecule has 14 nitrogen and oxygen atoms in total. The van der Waals surface area contributed by atoms with Crippen LogP contribution in [0.15, 0.2) is 0 Å². The van der Waals surface area contributed by atoms with E-state index in [4.69, 9.17) is 31.5 Å². The number of esters is 2. The Morgan fingerprint density at radius 3 is 2.21 bits per heavy atom. The van der Waals surface area contributed by atoms with E-state index in [2.05, 4.69) is 0 Å². The molecule has 1 aliphatic rings. The number of ether oxygens (including phenoxy) is 3. The van der Waals surface area contributed by atoms with E-state index in [1.54, 1.807) is 0 Å². The minimum Gasteiger partial charge on any atom is -0.481 e. The summed E-state index contributed by atoms with van der Waals surface area (Å²) in [5, 5.41) is 67.6. The normalized spacial score (nSPS) is 24.8. The molecule has 1 rings (SSSR count). The van der Waals surface area contributed by atoms with Gasteiger partial charge in [-0.15, -0.1) is 23.5 Å². The van der Waals surface area contributed by atoms with Gasteiger partial charge in [-0.1, -0.05) is 19.1 Å². The molecule has 1 fully saturated rings. The third-order valence-corrected chi connectivity index (χ3v) is 9.55. The summed E-state index contributed by atoms with van der Waals surface area (Å²) in [5.74, 6) is -6.12. The van der Waals surface area contributed by atoms with E-state index in [0.717, 1.165) is 23.9 Å². The number of thiocarbonyl (C=S) groups is 1. The number of carbonyl (C=O) groups is 4. The molecule has 42 heavy (non-hydrogen) atoms. The van der Waals surface area contributed by atoms with E-state index in [1.165, 1.54) is 18.7 Å². The Morgan fingerprint density at radius 2 is 1.64 bits per heavy atom. The van der Waals surface area contributed by atoms with E-state index < -0.39 is 97.9 Å². The van der Waals surface area contributed by atoms with Crippen molar-refractivity contribution in [2.45, 2.75) is 76.7 Å². The zero-order valence-electron chi connectivity index (χ0n) is 23.1. The van der Waals surface area contributed by atoms with Crippen molar-refractivity contribution in [3.05, 3.63) is 0 Å². The van der Waals surface area contributed by atoms with E-state index in [1.807, 2.05) is 13.0 Å². The van der Waals surface area contributed by atoms with Crippen molar-refractivity contribution in [1.82, 2.24) is 0 Å². The van der Waals surface area contributed by atoms with E-state index in [0.29, 0.717) is 3.53 Å². The highest BCUT2D eigenvalue weighted by atomic mass is 32.2. The molecule has 1 saturated heterocycles. The van der Waals surface area contributed by atoms with E-state index >= 15 is 0 Å². The van der Waals surface area contributed by atoms with Crippen LogP contribution in [0.3, 0.4) is 0 Å². The Hall–Kier alpha value is -2.04. The molecule has 8 atom stereocenters. The van der Waals surface area contributed by atoms with Crippen LogP contribution in [0.25, 0.3) is 0 Å².